The van der Waals surface area contributed by atoms with Crippen molar-refractivity contribution in [2.45, 2.75) is 73.9 Å². The van der Waals surface area contributed by atoms with Crippen LogP contribution in [0.4, 0.5) is 0 Å². The van der Waals surface area contributed by atoms with Crippen LogP contribution in [-0.2, 0) is 11.3 Å². The Morgan fingerprint density at radius 2 is 1.79 bits per heavy atom. The summed E-state index contributed by atoms with van der Waals surface area (Å²) in [5.74, 6) is 0.785. The van der Waals surface area contributed by atoms with Crippen molar-refractivity contribution in [1.82, 2.24) is 20.3 Å². The van der Waals surface area contributed by atoms with E-state index in [0.29, 0.717) is 12.5 Å². The number of benzene rings is 1. The number of rotatable bonds is 8. The normalized spacial score (nSPS) is 12.3. The molecule has 0 fully saturated rings. The lowest BCUT2D eigenvalue weighted by atomic mass is 9.92. The van der Waals surface area contributed by atoms with E-state index in [2.05, 4.69) is 48.5 Å². The van der Waals surface area contributed by atoms with Gasteiger partial charge in [-0.1, -0.05) is 82.7 Å². The zero-order valence-corrected chi connectivity index (χ0v) is 19.1. The van der Waals surface area contributed by atoms with Crippen molar-refractivity contribution in [2.24, 2.45) is 11.8 Å². The Hall–Kier alpha value is -2.01. The number of aromatic nitrogens is 3. The fourth-order valence-electron chi connectivity index (χ4n) is 2.59. The number of carbonyl (C=O) groups excluding carboxylic acids is 1. The third-order valence-corrected chi connectivity index (χ3v) is 4.30. The second kappa shape index (κ2) is 15.0. The molecule has 2 aromatic rings. The number of hydrogen-bond donors (Lipinski definition) is 1. The second-order valence-electron chi connectivity index (χ2n) is 7.23. The first-order valence-corrected chi connectivity index (χ1v) is 10.5. The van der Waals surface area contributed by atoms with E-state index in [1.54, 1.807) is 4.68 Å². The van der Waals surface area contributed by atoms with Gasteiger partial charge in [-0.15, -0.1) is 5.10 Å². The third-order valence-electron chi connectivity index (χ3n) is 4.30. The number of carbonyl (C=O) groups is 1. The van der Waals surface area contributed by atoms with Crippen LogP contribution in [0.25, 0.3) is 0 Å². The molecule has 0 spiro atoms. The molecule has 0 amide bonds. The van der Waals surface area contributed by atoms with Gasteiger partial charge in [0.05, 0.1) is 11.9 Å². The van der Waals surface area contributed by atoms with Gasteiger partial charge in [-0.25, -0.2) is 4.68 Å². The first kappa shape index (κ1) is 26.0. The van der Waals surface area contributed by atoms with E-state index in [0.717, 1.165) is 18.5 Å². The highest BCUT2D eigenvalue weighted by Gasteiger charge is 2.26. The Morgan fingerprint density at radius 1 is 1.18 bits per heavy atom. The van der Waals surface area contributed by atoms with Crippen LogP contribution in [-0.4, -0.2) is 27.8 Å². The van der Waals surface area contributed by atoms with Crippen LogP contribution in [0, 0.1) is 18.8 Å². The van der Waals surface area contributed by atoms with Gasteiger partial charge < -0.3 is 5.32 Å². The van der Waals surface area contributed by atoms with Crippen molar-refractivity contribution in [1.29, 1.82) is 0 Å². The Labute approximate surface area is 173 Å². The average molecular weight is 391 g/mol. The van der Waals surface area contributed by atoms with Gasteiger partial charge in [0.15, 0.2) is 5.78 Å². The molecular formula is C23H42N4O. The number of hydrogen-bond acceptors (Lipinski definition) is 4. The van der Waals surface area contributed by atoms with E-state index in [-0.39, 0.29) is 19.2 Å². The highest BCUT2D eigenvalue weighted by Crippen LogP contribution is 2.22. The number of nitrogens with zero attached hydrogens (tertiary/aromatic N) is 3. The van der Waals surface area contributed by atoms with E-state index < -0.39 is 0 Å². The summed E-state index contributed by atoms with van der Waals surface area (Å²) in [6.45, 7) is 15.0. The van der Waals surface area contributed by atoms with Gasteiger partial charge in [-0.3, -0.25) is 4.79 Å². The number of aryl methyl sites for hydroxylation is 1. The van der Waals surface area contributed by atoms with Crippen LogP contribution >= 0.6 is 0 Å². The third kappa shape index (κ3) is 9.79. The molecular weight excluding hydrogens is 348 g/mol. The minimum absolute atomic E-state index is 0. The highest BCUT2D eigenvalue weighted by molar-refractivity contribution is 5.84. The Balaban J connectivity index is 0. The van der Waals surface area contributed by atoms with Gasteiger partial charge in [0, 0.05) is 13.9 Å². The van der Waals surface area contributed by atoms with E-state index in [1.165, 1.54) is 5.56 Å². The van der Waals surface area contributed by atoms with Crippen molar-refractivity contribution in [2.75, 3.05) is 7.05 Å². The first-order valence-electron chi connectivity index (χ1n) is 10.5. The largest absolute Gasteiger partial charge is 0.314 e. The molecule has 1 aromatic heterocycles. The SMILES string of the molecule is CC.CCC(C)C(=O)[C@H](CC(C)C)n1cc(CNC)nn1.Cc1ccccc1.[HH]. The molecule has 0 aliphatic rings. The fourth-order valence-corrected chi connectivity index (χ4v) is 2.59. The molecule has 0 aliphatic carbocycles. The molecule has 0 aliphatic heterocycles. The molecule has 1 heterocycles. The van der Waals surface area contributed by atoms with Crippen molar-refractivity contribution < 1.29 is 6.22 Å². The summed E-state index contributed by atoms with van der Waals surface area (Å²) in [5.41, 5.74) is 2.19. The molecule has 1 aromatic carbocycles. The summed E-state index contributed by atoms with van der Waals surface area (Å²) in [6, 6.07) is 10.1. The topological polar surface area (TPSA) is 59.8 Å². The van der Waals surface area contributed by atoms with Gasteiger partial charge in [0.25, 0.3) is 0 Å². The molecule has 28 heavy (non-hydrogen) atoms. The van der Waals surface area contributed by atoms with Crippen molar-refractivity contribution >= 4 is 5.78 Å². The molecule has 5 heteroatoms. The van der Waals surface area contributed by atoms with E-state index >= 15 is 0 Å². The first-order chi connectivity index (χ1) is 13.4. The lowest BCUT2D eigenvalue weighted by Crippen LogP contribution is -2.26. The minimum atomic E-state index is -0.187. The van der Waals surface area contributed by atoms with E-state index in [4.69, 9.17) is 0 Å². The Bertz CT molecular complexity index is 643. The van der Waals surface area contributed by atoms with Crippen molar-refractivity contribution in [3.05, 3.63) is 47.8 Å². The molecule has 0 saturated heterocycles. The summed E-state index contributed by atoms with van der Waals surface area (Å²) < 4.78 is 1.74. The fraction of sp³-hybridized carbons (Fsp3) is 0.609. The lowest BCUT2D eigenvalue weighted by molar-refractivity contribution is -0.126. The summed E-state index contributed by atoms with van der Waals surface area (Å²) in [7, 11) is 1.87. The molecule has 160 valence electrons. The average Bonchev–Trinajstić information content (AvgIpc) is 3.16. The van der Waals surface area contributed by atoms with Crippen molar-refractivity contribution in [3.63, 3.8) is 0 Å². The molecule has 0 radical (unpaired) electrons. The van der Waals surface area contributed by atoms with Gasteiger partial charge in [-0.2, -0.15) is 0 Å². The number of Topliss-reactive ketones (excluding diaryl/α,β-unsaturated/α-hetero) is 1. The van der Waals surface area contributed by atoms with Crippen LogP contribution in [0.3, 0.4) is 0 Å². The highest BCUT2D eigenvalue weighted by atomic mass is 16.1. The maximum atomic E-state index is 12.5. The lowest BCUT2D eigenvalue weighted by Gasteiger charge is -2.20. The second-order valence-corrected chi connectivity index (χ2v) is 7.23. The Morgan fingerprint density at radius 3 is 2.21 bits per heavy atom. The molecule has 5 nitrogen and oxygen atoms in total. The van der Waals surface area contributed by atoms with Crippen LogP contribution in [0.2, 0.25) is 0 Å². The quantitative estimate of drug-likeness (QED) is 0.649. The summed E-state index contributed by atoms with van der Waals surface area (Å²) in [5, 5.41) is 11.3. The van der Waals surface area contributed by atoms with Crippen molar-refractivity contribution in [3.8, 4) is 0 Å². The summed E-state index contributed by atoms with van der Waals surface area (Å²) >= 11 is 0. The molecule has 2 rings (SSSR count). The molecule has 0 bridgehead atoms. The van der Waals surface area contributed by atoms with Crippen LogP contribution < -0.4 is 5.32 Å². The van der Waals surface area contributed by atoms with Gasteiger partial charge >= 0.3 is 0 Å². The Kier molecular flexibility index (Phi) is 13.9. The summed E-state index contributed by atoms with van der Waals surface area (Å²) in [4.78, 5) is 12.5. The van der Waals surface area contributed by atoms with Crippen LogP contribution in [0.15, 0.2) is 36.5 Å². The molecule has 1 unspecified atom stereocenters. The monoisotopic (exact) mass is 390 g/mol. The van der Waals surface area contributed by atoms with E-state index in [1.807, 2.05) is 59.1 Å². The zero-order chi connectivity index (χ0) is 21.5. The maximum absolute atomic E-state index is 12.5. The number of ketones is 1. The molecule has 0 saturated carbocycles. The van der Waals surface area contributed by atoms with Crippen LogP contribution in [0.5, 0.6) is 0 Å². The zero-order valence-electron chi connectivity index (χ0n) is 19.1. The van der Waals surface area contributed by atoms with E-state index in [9.17, 15) is 4.79 Å². The van der Waals surface area contributed by atoms with Gasteiger partial charge in [-0.05, 0) is 32.7 Å². The maximum Gasteiger partial charge on any atom is 0.160 e. The predicted molar refractivity (Wildman–Crippen MR) is 120 cm³/mol. The van der Waals surface area contributed by atoms with Crippen LogP contribution in [0.1, 0.15) is 73.1 Å². The minimum Gasteiger partial charge on any atom is -0.314 e. The molecule has 1 N–H and O–H groups in total. The standard InChI is InChI=1S/C14H26N4O.C7H8.C2H6.H2/c1-6-11(4)14(19)13(7-10(2)3)18-9-12(8-15-5)16-17-18;1-7-5-3-2-4-6-7;1-2;/h9-11,13,15H,6-8H2,1-5H3;2-6H,1H3;1-2H3;1H/t11?,13-;;;/m0.../s1. The number of nitrogens with one attached hydrogen (secondary N) is 1. The predicted octanol–water partition coefficient (Wildman–Crippen LogP) is 5.47. The van der Waals surface area contributed by atoms with Gasteiger partial charge in [0.2, 0.25) is 0 Å². The smallest absolute Gasteiger partial charge is 0.160 e. The molecule has 2 atom stereocenters. The summed E-state index contributed by atoms with van der Waals surface area (Å²) in [6.07, 6.45) is 3.56. The van der Waals surface area contributed by atoms with Gasteiger partial charge in [0.1, 0.15) is 6.04 Å².